The van der Waals surface area contributed by atoms with E-state index in [4.69, 9.17) is 15.8 Å². The van der Waals surface area contributed by atoms with Gasteiger partial charge in [-0.05, 0) is 24.1 Å². The number of hydrogen-bond acceptors (Lipinski definition) is 2. The van der Waals surface area contributed by atoms with E-state index in [1.54, 1.807) is 0 Å². The molecule has 2 nitrogen and oxygen atoms in total. The minimum Gasteiger partial charge on any atom is -0.314 e. The molecular weight excluding hydrogens is 170 g/mol. The van der Waals surface area contributed by atoms with Gasteiger partial charge in [0, 0.05) is 6.66 Å². The van der Waals surface area contributed by atoms with Crippen molar-refractivity contribution in [3.8, 4) is 0 Å². The maximum atomic E-state index is 10.9. The Kier molecular flexibility index (Phi) is 2.79. The van der Waals surface area contributed by atoms with E-state index in [1.807, 2.05) is 0 Å². The van der Waals surface area contributed by atoms with Crippen LogP contribution in [0.15, 0.2) is 0 Å². The lowest BCUT2D eigenvalue weighted by Crippen LogP contribution is -2.02. The van der Waals surface area contributed by atoms with Crippen LogP contribution in [-0.4, -0.2) is 12.8 Å². The van der Waals surface area contributed by atoms with Crippen LogP contribution in [-0.2, 0) is 9.09 Å². The zero-order chi connectivity index (χ0) is 7.61. The van der Waals surface area contributed by atoms with E-state index >= 15 is 0 Å². The fraction of sp³-hybridized carbons (Fsp3) is 1.00. The van der Waals surface area contributed by atoms with Crippen molar-refractivity contribution in [1.29, 1.82) is 0 Å². The molecule has 0 bridgehead atoms. The SMILES string of the molecule is CP(=O)(Cl)OC1CCCC1. The van der Waals surface area contributed by atoms with Crippen molar-refractivity contribution < 1.29 is 9.09 Å². The average Bonchev–Trinajstić information content (AvgIpc) is 2.12. The molecule has 0 aromatic carbocycles. The van der Waals surface area contributed by atoms with Crippen LogP contribution in [0.3, 0.4) is 0 Å². The van der Waals surface area contributed by atoms with E-state index < -0.39 is 6.72 Å². The second kappa shape index (κ2) is 3.25. The topological polar surface area (TPSA) is 26.3 Å². The van der Waals surface area contributed by atoms with Crippen molar-refractivity contribution in [3.05, 3.63) is 0 Å². The van der Waals surface area contributed by atoms with Crippen molar-refractivity contribution in [3.63, 3.8) is 0 Å². The van der Waals surface area contributed by atoms with Crippen molar-refractivity contribution >= 4 is 18.0 Å². The first-order valence-corrected chi connectivity index (χ1v) is 6.51. The number of halogens is 1. The summed E-state index contributed by atoms with van der Waals surface area (Å²) >= 11 is 5.45. The summed E-state index contributed by atoms with van der Waals surface area (Å²) in [6.45, 7) is -1.29. The van der Waals surface area contributed by atoms with Gasteiger partial charge in [0.1, 0.15) is 0 Å². The molecule has 0 spiro atoms. The molecule has 1 aliphatic rings. The second-order valence-corrected chi connectivity index (χ2v) is 6.31. The van der Waals surface area contributed by atoms with Crippen LogP contribution in [0.5, 0.6) is 0 Å². The van der Waals surface area contributed by atoms with Gasteiger partial charge in [-0.25, -0.2) is 0 Å². The largest absolute Gasteiger partial charge is 0.314 e. The Morgan fingerprint density at radius 3 is 2.40 bits per heavy atom. The third kappa shape index (κ3) is 3.05. The molecule has 1 aliphatic carbocycles. The van der Waals surface area contributed by atoms with Crippen molar-refractivity contribution in [1.82, 2.24) is 0 Å². The normalized spacial score (nSPS) is 26.6. The first-order valence-electron chi connectivity index (χ1n) is 3.53. The molecule has 4 heteroatoms. The van der Waals surface area contributed by atoms with Crippen LogP contribution in [0.4, 0.5) is 0 Å². The first-order chi connectivity index (χ1) is 4.58. The molecule has 1 saturated carbocycles. The van der Waals surface area contributed by atoms with Gasteiger partial charge < -0.3 is 4.52 Å². The Bertz CT molecular complexity index is 148. The van der Waals surface area contributed by atoms with Crippen molar-refractivity contribution in [2.75, 3.05) is 6.66 Å². The monoisotopic (exact) mass is 182 g/mol. The number of hydrogen-bond donors (Lipinski definition) is 0. The maximum absolute atomic E-state index is 10.9. The quantitative estimate of drug-likeness (QED) is 0.614. The molecule has 10 heavy (non-hydrogen) atoms. The van der Waals surface area contributed by atoms with Crippen LogP contribution in [0.2, 0.25) is 0 Å². The highest BCUT2D eigenvalue weighted by Crippen LogP contribution is 2.51. The van der Waals surface area contributed by atoms with Gasteiger partial charge in [-0.3, -0.25) is 4.57 Å². The molecule has 1 fully saturated rings. The molecule has 0 heterocycles. The second-order valence-electron chi connectivity index (χ2n) is 2.76. The summed E-state index contributed by atoms with van der Waals surface area (Å²) in [5.74, 6) is 0. The minimum atomic E-state index is -2.74. The average molecular weight is 183 g/mol. The fourth-order valence-electron chi connectivity index (χ4n) is 1.26. The standard InChI is InChI=1S/C6H12ClO2P/c1-10(7,8)9-6-4-2-3-5-6/h6H,2-5H2,1H3. The molecule has 0 amide bonds. The molecule has 0 aliphatic heterocycles. The summed E-state index contributed by atoms with van der Waals surface area (Å²) in [6.07, 6.45) is 4.56. The molecular formula is C6H12ClO2P. The lowest BCUT2D eigenvalue weighted by molar-refractivity contribution is 0.221. The minimum absolute atomic E-state index is 0.160. The lowest BCUT2D eigenvalue weighted by atomic mass is 10.3. The first kappa shape index (κ1) is 8.58. The molecule has 0 radical (unpaired) electrons. The van der Waals surface area contributed by atoms with E-state index in [0.717, 1.165) is 12.8 Å². The zero-order valence-corrected chi connectivity index (χ0v) is 7.70. The molecule has 60 valence electrons. The van der Waals surface area contributed by atoms with Crippen LogP contribution in [0.25, 0.3) is 0 Å². The van der Waals surface area contributed by atoms with E-state index in [0.29, 0.717) is 0 Å². The lowest BCUT2D eigenvalue weighted by Gasteiger charge is -2.11. The smallest absolute Gasteiger partial charge is 0.287 e. The molecule has 0 aromatic rings. The highest BCUT2D eigenvalue weighted by atomic mass is 35.7. The predicted molar refractivity (Wildman–Crippen MR) is 42.7 cm³/mol. The summed E-state index contributed by atoms with van der Waals surface area (Å²) in [7, 11) is 0. The van der Waals surface area contributed by atoms with Gasteiger partial charge in [0.25, 0.3) is 6.72 Å². The molecule has 0 aromatic heterocycles. The third-order valence-corrected chi connectivity index (χ3v) is 2.55. The zero-order valence-electron chi connectivity index (χ0n) is 6.05. The van der Waals surface area contributed by atoms with Gasteiger partial charge >= 0.3 is 0 Å². The summed E-state index contributed by atoms with van der Waals surface area (Å²) in [5, 5.41) is 0. The van der Waals surface area contributed by atoms with Gasteiger partial charge in [-0.15, -0.1) is 0 Å². The van der Waals surface area contributed by atoms with Crippen LogP contribution in [0.1, 0.15) is 25.7 Å². The van der Waals surface area contributed by atoms with Gasteiger partial charge in [0.15, 0.2) is 0 Å². The Labute approximate surface area is 66.1 Å². The van der Waals surface area contributed by atoms with Gasteiger partial charge in [0.2, 0.25) is 0 Å². The highest BCUT2D eigenvalue weighted by molar-refractivity contribution is 7.84. The van der Waals surface area contributed by atoms with Gasteiger partial charge in [-0.2, -0.15) is 0 Å². The Morgan fingerprint density at radius 2 is 2.00 bits per heavy atom. The van der Waals surface area contributed by atoms with E-state index in [-0.39, 0.29) is 6.10 Å². The molecule has 0 N–H and O–H groups in total. The Morgan fingerprint density at radius 1 is 1.50 bits per heavy atom. The fourth-order valence-corrected chi connectivity index (χ4v) is 2.34. The van der Waals surface area contributed by atoms with Crippen molar-refractivity contribution in [2.45, 2.75) is 31.8 Å². The number of rotatable bonds is 2. The Balaban J connectivity index is 2.31. The molecule has 1 unspecified atom stereocenters. The molecule has 1 rings (SSSR count). The van der Waals surface area contributed by atoms with Crippen LogP contribution < -0.4 is 0 Å². The van der Waals surface area contributed by atoms with E-state index in [1.165, 1.54) is 19.5 Å². The van der Waals surface area contributed by atoms with Gasteiger partial charge in [0.05, 0.1) is 6.10 Å². The highest BCUT2D eigenvalue weighted by Gasteiger charge is 2.22. The van der Waals surface area contributed by atoms with E-state index in [9.17, 15) is 4.57 Å². The van der Waals surface area contributed by atoms with Crippen molar-refractivity contribution in [2.24, 2.45) is 0 Å². The van der Waals surface area contributed by atoms with Crippen LogP contribution >= 0.6 is 18.0 Å². The molecule has 0 saturated heterocycles. The Hall–Kier alpha value is 0.480. The van der Waals surface area contributed by atoms with Gasteiger partial charge in [-0.1, -0.05) is 12.8 Å². The predicted octanol–water partition coefficient (Wildman–Crippen LogP) is 3.01. The maximum Gasteiger partial charge on any atom is 0.287 e. The summed E-state index contributed by atoms with van der Waals surface area (Å²) in [5.41, 5.74) is 0. The van der Waals surface area contributed by atoms with Crippen LogP contribution in [0, 0.1) is 0 Å². The summed E-state index contributed by atoms with van der Waals surface area (Å²) in [4.78, 5) is 0. The summed E-state index contributed by atoms with van der Waals surface area (Å²) < 4.78 is 16.0. The third-order valence-electron chi connectivity index (χ3n) is 1.64. The van der Waals surface area contributed by atoms with E-state index in [2.05, 4.69) is 0 Å². The summed E-state index contributed by atoms with van der Waals surface area (Å²) in [6, 6.07) is 0. The molecule has 1 atom stereocenters.